The van der Waals surface area contributed by atoms with E-state index in [0.29, 0.717) is 6.16 Å². The summed E-state index contributed by atoms with van der Waals surface area (Å²) in [6.45, 7) is 6.13. The van der Waals surface area contributed by atoms with Crippen molar-refractivity contribution >= 4 is 15.6 Å². The average Bonchev–Trinajstić information content (AvgIpc) is 2.62. The standard InChI is InChI=1S/C20H43OP.C2H5O2P/c1-4-5-6-7-8-9-10-11-12-13-14-15-16-17-18-19-20-22(2,3)21;3-1-2-5-4/h4-20H2,1-3H3;3H,1-2H2. The van der Waals surface area contributed by atoms with Gasteiger partial charge in [-0.1, -0.05) is 103 Å². The van der Waals surface area contributed by atoms with E-state index in [0.717, 1.165) is 6.16 Å². The van der Waals surface area contributed by atoms with E-state index in [1.165, 1.54) is 103 Å². The van der Waals surface area contributed by atoms with Gasteiger partial charge in [0.1, 0.15) is 0 Å². The van der Waals surface area contributed by atoms with Gasteiger partial charge in [-0.2, -0.15) is 0 Å². The Balaban J connectivity index is 0. The normalized spacial score (nSPS) is 11.4. The number of aliphatic hydroxyl groups excluding tert-OH is 1. The molecule has 0 aliphatic carbocycles. The molecule has 0 aliphatic rings. The second-order valence-corrected chi connectivity index (χ2v) is 12.5. The van der Waals surface area contributed by atoms with Gasteiger partial charge in [-0.05, 0) is 19.8 Å². The molecule has 3 nitrogen and oxygen atoms in total. The van der Waals surface area contributed by atoms with E-state index in [1.54, 1.807) is 0 Å². The summed E-state index contributed by atoms with van der Waals surface area (Å²) < 4.78 is 20.9. The third-order valence-electron chi connectivity index (χ3n) is 4.74. The van der Waals surface area contributed by atoms with Crippen LogP contribution in [0.3, 0.4) is 0 Å². The number of hydrogen-bond donors (Lipinski definition) is 1. The van der Waals surface area contributed by atoms with Gasteiger partial charge in [0.05, 0.1) is 19.9 Å². The van der Waals surface area contributed by atoms with Crippen molar-refractivity contribution in [2.75, 3.05) is 32.3 Å². The first-order valence-electron chi connectivity index (χ1n) is 11.4. The number of aliphatic hydroxyl groups is 1. The molecule has 164 valence electrons. The molecule has 0 aromatic carbocycles. The largest absolute Gasteiger partial charge is 0.396 e. The zero-order valence-corrected chi connectivity index (χ0v) is 20.4. The lowest BCUT2D eigenvalue weighted by atomic mass is 10.0. The molecular weight excluding hydrogens is 374 g/mol. The Labute approximate surface area is 172 Å². The monoisotopic (exact) mass is 422 g/mol. The van der Waals surface area contributed by atoms with E-state index in [2.05, 4.69) is 6.92 Å². The van der Waals surface area contributed by atoms with Crippen molar-refractivity contribution in [2.45, 2.75) is 110 Å². The first-order chi connectivity index (χ1) is 13.0. The molecule has 27 heavy (non-hydrogen) atoms. The lowest BCUT2D eigenvalue weighted by Crippen LogP contribution is -1.87. The average molecular weight is 423 g/mol. The van der Waals surface area contributed by atoms with Crippen LogP contribution in [0.2, 0.25) is 0 Å². The molecule has 0 saturated heterocycles. The van der Waals surface area contributed by atoms with E-state index in [9.17, 15) is 9.13 Å². The van der Waals surface area contributed by atoms with Crippen LogP contribution in [0, 0.1) is 0 Å². The third-order valence-corrected chi connectivity index (χ3v) is 6.52. The zero-order chi connectivity index (χ0) is 20.6. The summed E-state index contributed by atoms with van der Waals surface area (Å²) in [6.07, 6.45) is 23.7. The molecule has 0 spiro atoms. The minimum absolute atomic E-state index is 0.0189. The molecule has 0 aromatic rings. The molecule has 0 radical (unpaired) electrons. The van der Waals surface area contributed by atoms with Gasteiger partial charge in [0.25, 0.3) is 0 Å². The second-order valence-electron chi connectivity index (χ2n) is 8.18. The minimum atomic E-state index is -1.75. The van der Waals surface area contributed by atoms with Crippen LogP contribution in [0.1, 0.15) is 110 Å². The van der Waals surface area contributed by atoms with Crippen LogP contribution >= 0.6 is 15.6 Å². The van der Waals surface area contributed by atoms with Crippen LogP contribution in [0.25, 0.3) is 0 Å². The molecule has 0 bridgehead atoms. The SMILES string of the molecule is CCCCCCCCCCCCCCCCCCP(C)(C)=O.O=PCCO. The van der Waals surface area contributed by atoms with Gasteiger partial charge in [-0.3, -0.25) is 4.57 Å². The van der Waals surface area contributed by atoms with Crippen molar-refractivity contribution in [2.24, 2.45) is 0 Å². The van der Waals surface area contributed by atoms with Crippen LogP contribution in [-0.2, 0) is 9.13 Å². The highest BCUT2D eigenvalue weighted by atomic mass is 31.2. The summed E-state index contributed by atoms with van der Waals surface area (Å²) >= 11 is 0. The van der Waals surface area contributed by atoms with E-state index >= 15 is 0 Å². The number of rotatable bonds is 19. The zero-order valence-electron chi connectivity index (χ0n) is 18.6. The minimum Gasteiger partial charge on any atom is -0.396 e. The Morgan fingerprint density at radius 1 is 0.667 bits per heavy atom. The molecule has 0 unspecified atom stereocenters. The van der Waals surface area contributed by atoms with E-state index in [4.69, 9.17) is 5.11 Å². The van der Waals surface area contributed by atoms with Gasteiger partial charge in [-0.15, -0.1) is 0 Å². The Bertz CT molecular complexity index is 330. The van der Waals surface area contributed by atoms with Crippen LogP contribution in [0.5, 0.6) is 0 Å². The molecule has 0 saturated carbocycles. The molecule has 0 aliphatic heterocycles. The molecule has 1 N–H and O–H groups in total. The lowest BCUT2D eigenvalue weighted by molar-refractivity contribution is 0.321. The molecule has 0 aromatic heterocycles. The van der Waals surface area contributed by atoms with Crippen molar-refractivity contribution in [3.8, 4) is 0 Å². The third kappa shape index (κ3) is 34.2. The Morgan fingerprint density at radius 2 is 1.00 bits per heavy atom. The highest BCUT2D eigenvalue weighted by Gasteiger charge is 2.05. The number of hydrogen-bond acceptors (Lipinski definition) is 3. The summed E-state index contributed by atoms with van der Waals surface area (Å²) in [5, 5.41) is 7.86. The maximum Gasteiger partial charge on any atom is 0.157 e. The van der Waals surface area contributed by atoms with Crippen molar-refractivity contribution in [1.29, 1.82) is 0 Å². The van der Waals surface area contributed by atoms with Crippen LogP contribution < -0.4 is 0 Å². The summed E-state index contributed by atoms with van der Waals surface area (Å²) in [7, 11) is -1.72. The predicted molar refractivity (Wildman–Crippen MR) is 123 cm³/mol. The van der Waals surface area contributed by atoms with Gasteiger partial charge >= 0.3 is 0 Å². The smallest absolute Gasteiger partial charge is 0.157 e. The summed E-state index contributed by atoms with van der Waals surface area (Å²) in [4.78, 5) is 0. The summed E-state index contributed by atoms with van der Waals surface area (Å²) in [5.41, 5.74) is 0. The summed E-state index contributed by atoms with van der Waals surface area (Å²) in [5.74, 6) is 0. The molecule has 0 atom stereocenters. The van der Waals surface area contributed by atoms with Crippen LogP contribution in [0.4, 0.5) is 0 Å². The van der Waals surface area contributed by atoms with Crippen molar-refractivity contribution in [1.82, 2.24) is 0 Å². The second kappa shape index (κ2) is 24.3. The van der Waals surface area contributed by atoms with Gasteiger partial charge in [0.2, 0.25) is 0 Å². The molecule has 0 heterocycles. The Hall–Kier alpha value is 0.290. The van der Waals surface area contributed by atoms with Crippen molar-refractivity contribution in [3.05, 3.63) is 0 Å². The van der Waals surface area contributed by atoms with Gasteiger partial charge in [0, 0.05) is 6.16 Å². The highest BCUT2D eigenvalue weighted by Crippen LogP contribution is 2.36. The fourth-order valence-corrected chi connectivity index (χ4v) is 4.15. The molecule has 0 rings (SSSR count). The van der Waals surface area contributed by atoms with Crippen molar-refractivity contribution < 1.29 is 14.2 Å². The molecule has 5 heteroatoms. The quantitative estimate of drug-likeness (QED) is 0.169. The maximum absolute atomic E-state index is 11.6. The fraction of sp³-hybridized carbons (Fsp3) is 1.00. The van der Waals surface area contributed by atoms with Crippen LogP contribution in [0.15, 0.2) is 0 Å². The van der Waals surface area contributed by atoms with Gasteiger partial charge in [-0.25, -0.2) is 0 Å². The number of unbranched alkanes of at least 4 members (excludes halogenated alkanes) is 15. The topological polar surface area (TPSA) is 54.4 Å². The highest BCUT2D eigenvalue weighted by molar-refractivity contribution is 7.62. The van der Waals surface area contributed by atoms with E-state index in [1.807, 2.05) is 13.3 Å². The van der Waals surface area contributed by atoms with Crippen LogP contribution in [-0.4, -0.2) is 37.4 Å². The van der Waals surface area contributed by atoms with E-state index in [-0.39, 0.29) is 15.1 Å². The first kappa shape index (κ1) is 29.5. The van der Waals surface area contributed by atoms with Gasteiger partial charge in [0.15, 0.2) is 8.46 Å². The van der Waals surface area contributed by atoms with Gasteiger partial charge < -0.3 is 9.67 Å². The predicted octanol–water partition coefficient (Wildman–Crippen LogP) is 8.14. The molecule has 0 fully saturated rings. The van der Waals surface area contributed by atoms with E-state index < -0.39 is 7.14 Å². The lowest BCUT2D eigenvalue weighted by Gasteiger charge is -2.06. The Kier molecular flexibility index (Phi) is 26.6. The first-order valence-corrected chi connectivity index (χ1v) is 15.2. The fourth-order valence-electron chi connectivity index (χ4n) is 3.08. The van der Waals surface area contributed by atoms with Crippen molar-refractivity contribution in [3.63, 3.8) is 0 Å². The molecule has 0 amide bonds. The Morgan fingerprint density at radius 3 is 1.22 bits per heavy atom. The maximum atomic E-state index is 11.6. The summed E-state index contributed by atoms with van der Waals surface area (Å²) in [6, 6.07) is 0. The molecular formula is C22H48O3P2.